The molecule has 0 aliphatic heterocycles. The highest BCUT2D eigenvalue weighted by atomic mass is 19.1. The summed E-state index contributed by atoms with van der Waals surface area (Å²) in [5.41, 5.74) is 1.77. The van der Waals surface area contributed by atoms with Crippen LogP contribution in [0, 0.1) is 11.3 Å². The third kappa shape index (κ3) is 1.91. The van der Waals surface area contributed by atoms with E-state index in [1.165, 1.54) is 12.2 Å². The second-order valence-corrected chi connectivity index (χ2v) is 3.48. The second kappa shape index (κ2) is 4.11. The van der Waals surface area contributed by atoms with Crippen molar-refractivity contribution < 1.29 is 9.18 Å². The first-order chi connectivity index (χ1) is 7.70. The largest absolute Gasteiger partial charge is 0.290 e. The van der Waals surface area contributed by atoms with Crippen molar-refractivity contribution in [2.75, 3.05) is 0 Å². The van der Waals surface area contributed by atoms with Gasteiger partial charge in [0.1, 0.15) is 5.83 Å². The van der Waals surface area contributed by atoms with Crippen LogP contribution in [-0.2, 0) is 4.79 Å². The Hall–Kier alpha value is -2.21. The Morgan fingerprint density at radius 3 is 2.62 bits per heavy atom. The molecule has 0 heterocycles. The summed E-state index contributed by atoms with van der Waals surface area (Å²) in [6, 6.07) is 2.02. The molecule has 78 valence electrons. The molecule has 0 radical (unpaired) electrons. The molecule has 0 fully saturated rings. The van der Waals surface area contributed by atoms with E-state index in [0.717, 1.165) is 11.6 Å². The molecule has 0 N–H and O–H groups in total. The molecule has 2 nitrogen and oxygen atoms in total. The summed E-state index contributed by atoms with van der Waals surface area (Å²) >= 11 is 0. The summed E-state index contributed by atoms with van der Waals surface area (Å²) in [4.78, 5) is 10.9. The monoisotopic (exact) mass is 213 g/mol. The highest BCUT2D eigenvalue weighted by Gasteiger charge is 2.14. The van der Waals surface area contributed by atoms with Crippen LogP contribution in [0.4, 0.5) is 4.39 Å². The first-order valence-corrected chi connectivity index (χ1v) is 4.82. The van der Waals surface area contributed by atoms with Crippen LogP contribution in [0.25, 0.3) is 0 Å². The summed E-state index contributed by atoms with van der Waals surface area (Å²) in [6.45, 7) is 0. The predicted molar refractivity (Wildman–Crippen MR) is 57.8 cm³/mol. The van der Waals surface area contributed by atoms with Crippen LogP contribution in [0.2, 0.25) is 0 Å². The molecule has 3 heteroatoms. The number of ketones is 1. The molecule has 0 bridgehead atoms. The van der Waals surface area contributed by atoms with Crippen LogP contribution in [0.3, 0.4) is 0 Å². The van der Waals surface area contributed by atoms with Gasteiger partial charge in [-0.05, 0) is 30.2 Å². The molecular formula is C13H8FNO. The number of carbonyl (C=O) groups is 1. The van der Waals surface area contributed by atoms with Crippen molar-refractivity contribution in [1.29, 1.82) is 5.26 Å². The molecule has 0 unspecified atom stereocenters. The van der Waals surface area contributed by atoms with Gasteiger partial charge >= 0.3 is 0 Å². The average molecular weight is 213 g/mol. The van der Waals surface area contributed by atoms with E-state index in [4.69, 9.17) is 5.26 Å². The number of carbonyl (C=O) groups excluding carboxylic acids is 1. The molecule has 0 atom stereocenters. The fourth-order valence-corrected chi connectivity index (χ4v) is 1.59. The fraction of sp³-hybridized carbons (Fsp3) is 0.0769. The van der Waals surface area contributed by atoms with Crippen LogP contribution >= 0.6 is 0 Å². The number of allylic oxidation sites excluding steroid dienone is 10. The molecule has 0 aromatic heterocycles. The van der Waals surface area contributed by atoms with E-state index in [1.807, 2.05) is 6.07 Å². The predicted octanol–water partition coefficient (Wildman–Crippen LogP) is 2.69. The molecule has 0 aromatic rings. The van der Waals surface area contributed by atoms with Crippen molar-refractivity contribution in [3.8, 4) is 6.07 Å². The van der Waals surface area contributed by atoms with Gasteiger partial charge in [0.05, 0.1) is 6.07 Å². The minimum Gasteiger partial charge on any atom is -0.290 e. The average Bonchev–Trinajstić information content (AvgIpc) is 2.29. The topological polar surface area (TPSA) is 40.9 Å². The van der Waals surface area contributed by atoms with E-state index < -0.39 is 5.83 Å². The molecule has 0 spiro atoms. The number of rotatable bonds is 0. The summed E-state index contributed by atoms with van der Waals surface area (Å²) in [7, 11) is 0. The fourth-order valence-electron chi connectivity index (χ4n) is 1.59. The highest BCUT2D eigenvalue weighted by Crippen LogP contribution is 2.27. The molecule has 0 saturated carbocycles. The van der Waals surface area contributed by atoms with Gasteiger partial charge in [0.15, 0.2) is 5.78 Å². The number of hydrogen-bond acceptors (Lipinski definition) is 2. The minimum absolute atomic E-state index is 0.338. The first-order valence-electron chi connectivity index (χ1n) is 4.82. The lowest BCUT2D eigenvalue weighted by atomic mass is 9.95. The zero-order chi connectivity index (χ0) is 11.5. The SMILES string of the molecule is N#CC1=CC/C(=C2\C=CC(=O)C=C2F)C=C1. The standard InChI is InChI=1S/C13H8FNO/c14-13-7-11(16)5-6-12(13)10-3-1-9(8-15)2-4-10/h1-3,5-7H,4H2/b12-10+. The first kappa shape index (κ1) is 10.3. The van der Waals surface area contributed by atoms with Gasteiger partial charge in [0, 0.05) is 17.2 Å². The Morgan fingerprint density at radius 2 is 2.06 bits per heavy atom. The Labute approximate surface area is 92.4 Å². The maximum Gasteiger partial charge on any atom is 0.181 e. The maximum atomic E-state index is 13.5. The lowest BCUT2D eigenvalue weighted by molar-refractivity contribution is -0.110. The van der Waals surface area contributed by atoms with Crippen molar-refractivity contribution in [3.05, 3.63) is 59.0 Å². The Bertz CT molecular complexity index is 539. The van der Waals surface area contributed by atoms with Crippen LogP contribution < -0.4 is 0 Å². The lowest BCUT2D eigenvalue weighted by Crippen LogP contribution is -2.00. The van der Waals surface area contributed by atoms with Crippen molar-refractivity contribution >= 4 is 5.78 Å². The summed E-state index contributed by atoms with van der Waals surface area (Å²) in [5, 5.41) is 8.64. The summed E-state index contributed by atoms with van der Waals surface area (Å²) in [5.74, 6) is -0.851. The van der Waals surface area contributed by atoms with E-state index >= 15 is 0 Å². The zero-order valence-corrected chi connectivity index (χ0v) is 8.40. The zero-order valence-electron chi connectivity index (χ0n) is 8.40. The quantitative estimate of drug-likeness (QED) is 0.620. The normalized spacial score (nSPS) is 23.9. The number of hydrogen-bond donors (Lipinski definition) is 0. The van der Waals surface area contributed by atoms with Gasteiger partial charge in [-0.1, -0.05) is 12.2 Å². The van der Waals surface area contributed by atoms with E-state index in [2.05, 4.69) is 0 Å². The number of nitriles is 1. The molecule has 2 aliphatic carbocycles. The molecule has 16 heavy (non-hydrogen) atoms. The van der Waals surface area contributed by atoms with E-state index in [0.29, 0.717) is 17.6 Å². The third-order valence-corrected chi connectivity index (χ3v) is 2.42. The van der Waals surface area contributed by atoms with Crippen molar-refractivity contribution in [2.45, 2.75) is 6.42 Å². The maximum absolute atomic E-state index is 13.5. The molecule has 0 aromatic carbocycles. The van der Waals surface area contributed by atoms with Gasteiger partial charge in [-0.3, -0.25) is 4.79 Å². The van der Waals surface area contributed by atoms with E-state index in [-0.39, 0.29) is 5.78 Å². The highest BCUT2D eigenvalue weighted by molar-refractivity contribution is 6.02. The third-order valence-electron chi connectivity index (χ3n) is 2.42. The van der Waals surface area contributed by atoms with Crippen LogP contribution in [0.1, 0.15) is 6.42 Å². The molecule has 0 saturated heterocycles. The molecule has 0 amide bonds. The molecule has 2 rings (SSSR count). The van der Waals surface area contributed by atoms with Gasteiger partial charge in [-0.25, -0.2) is 4.39 Å². The Morgan fingerprint density at radius 1 is 1.25 bits per heavy atom. The van der Waals surface area contributed by atoms with Gasteiger partial charge in [0.2, 0.25) is 0 Å². The van der Waals surface area contributed by atoms with Crippen molar-refractivity contribution in [2.24, 2.45) is 0 Å². The van der Waals surface area contributed by atoms with Crippen molar-refractivity contribution in [3.63, 3.8) is 0 Å². The van der Waals surface area contributed by atoms with E-state index in [1.54, 1.807) is 18.2 Å². The van der Waals surface area contributed by atoms with Gasteiger partial charge in [0.25, 0.3) is 0 Å². The van der Waals surface area contributed by atoms with Crippen LogP contribution in [-0.4, -0.2) is 5.78 Å². The van der Waals surface area contributed by atoms with Crippen molar-refractivity contribution in [1.82, 2.24) is 0 Å². The number of halogens is 1. The smallest absolute Gasteiger partial charge is 0.181 e. The Kier molecular flexibility index (Phi) is 2.65. The van der Waals surface area contributed by atoms with Gasteiger partial charge < -0.3 is 0 Å². The summed E-state index contributed by atoms with van der Waals surface area (Å²) in [6.07, 6.45) is 9.38. The van der Waals surface area contributed by atoms with Crippen LogP contribution in [0.15, 0.2) is 59.0 Å². The molecule has 2 aliphatic rings. The van der Waals surface area contributed by atoms with Gasteiger partial charge in [-0.2, -0.15) is 5.26 Å². The number of nitrogens with zero attached hydrogens (tertiary/aromatic N) is 1. The summed E-state index contributed by atoms with van der Waals surface area (Å²) < 4.78 is 13.5. The lowest BCUT2D eigenvalue weighted by Gasteiger charge is -2.11. The minimum atomic E-state index is -0.513. The van der Waals surface area contributed by atoms with Gasteiger partial charge in [-0.15, -0.1) is 0 Å². The molecular weight excluding hydrogens is 205 g/mol. The van der Waals surface area contributed by atoms with E-state index in [9.17, 15) is 9.18 Å². The second-order valence-electron chi connectivity index (χ2n) is 3.48. The van der Waals surface area contributed by atoms with Crippen LogP contribution in [0.5, 0.6) is 0 Å². The Balaban J connectivity index is 2.34.